The summed E-state index contributed by atoms with van der Waals surface area (Å²) in [5.41, 5.74) is 0. The SMILES string of the molecule is OC[C@H]1CN(Cc2ccc(Cl)s2)C[C@H]1CN1CCCC1. The number of halogens is 1. The molecule has 0 unspecified atom stereocenters. The monoisotopic (exact) mass is 314 g/mol. The van der Waals surface area contributed by atoms with E-state index in [4.69, 9.17) is 11.6 Å². The number of rotatable bonds is 5. The maximum Gasteiger partial charge on any atom is 0.0931 e. The van der Waals surface area contributed by atoms with E-state index < -0.39 is 0 Å². The molecule has 2 aliphatic rings. The topological polar surface area (TPSA) is 26.7 Å². The van der Waals surface area contributed by atoms with E-state index in [1.54, 1.807) is 11.3 Å². The normalized spacial score (nSPS) is 28.5. The molecule has 112 valence electrons. The Kier molecular flexibility index (Phi) is 5.00. The summed E-state index contributed by atoms with van der Waals surface area (Å²) in [4.78, 5) is 6.37. The van der Waals surface area contributed by atoms with Crippen LogP contribution in [0.1, 0.15) is 17.7 Å². The van der Waals surface area contributed by atoms with Crippen molar-refractivity contribution in [3.05, 3.63) is 21.3 Å². The zero-order valence-electron chi connectivity index (χ0n) is 11.8. The molecule has 5 heteroatoms. The van der Waals surface area contributed by atoms with E-state index in [0.717, 1.165) is 30.5 Å². The Morgan fingerprint density at radius 2 is 1.90 bits per heavy atom. The van der Waals surface area contributed by atoms with Crippen LogP contribution in [0, 0.1) is 11.8 Å². The molecule has 0 aliphatic carbocycles. The molecule has 3 nitrogen and oxygen atoms in total. The van der Waals surface area contributed by atoms with Crippen LogP contribution in [-0.2, 0) is 6.54 Å². The van der Waals surface area contributed by atoms with Crippen molar-refractivity contribution >= 4 is 22.9 Å². The second kappa shape index (κ2) is 6.75. The van der Waals surface area contributed by atoms with E-state index in [2.05, 4.69) is 15.9 Å². The second-order valence-corrected chi connectivity index (χ2v) is 7.91. The van der Waals surface area contributed by atoms with Gasteiger partial charge in [-0.3, -0.25) is 4.90 Å². The van der Waals surface area contributed by atoms with Crippen molar-refractivity contribution in [1.82, 2.24) is 9.80 Å². The predicted molar refractivity (Wildman–Crippen MR) is 84.3 cm³/mol. The fourth-order valence-corrected chi connectivity index (χ4v) is 4.66. The molecule has 0 bridgehead atoms. The second-order valence-electron chi connectivity index (χ2n) is 6.11. The molecule has 3 heterocycles. The van der Waals surface area contributed by atoms with Crippen LogP contribution >= 0.6 is 22.9 Å². The first-order valence-electron chi connectivity index (χ1n) is 7.54. The van der Waals surface area contributed by atoms with Gasteiger partial charge in [-0.15, -0.1) is 11.3 Å². The lowest BCUT2D eigenvalue weighted by Gasteiger charge is -2.23. The summed E-state index contributed by atoms with van der Waals surface area (Å²) >= 11 is 7.67. The number of aliphatic hydroxyl groups excluding tert-OH is 1. The van der Waals surface area contributed by atoms with E-state index >= 15 is 0 Å². The zero-order chi connectivity index (χ0) is 13.9. The van der Waals surface area contributed by atoms with Gasteiger partial charge in [0.1, 0.15) is 0 Å². The van der Waals surface area contributed by atoms with Crippen molar-refractivity contribution in [1.29, 1.82) is 0 Å². The van der Waals surface area contributed by atoms with E-state index in [-0.39, 0.29) is 0 Å². The highest BCUT2D eigenvalue weighted by atomic mass is 35.5. The molecule has 0 spiro atoms. The van der Waals surface area contributed by atoms with Crippen molar-refractivity contribution in [2.75, 3.05) is 39.3 Å². The van der Waals surface area contributed by atoms with Crippen LogP contribution in [0.15, 0.2) is 12.1 Å². The number of nitrogens with zero attached hydrogens (tertiary/aromatic N) is 2. The van der Waals surface area contributed by atoms with Crippen molar-refractivity contribution < 1.29 is 5.11 Å². The van der Waals surface area contributed by atoms with Crippen LogP contribution in [-0.4, -0.2) is 54.2 Å². The summed E-state index contributed by atoms with van der Waals surface area (Å²) in [6.07, 6.45) is 2.68. The van der Waals surface area contributed by atoms with Gasteiger partial charge >= 0.3 is 0 Å². The van der Waals surface area contributed by atoms with Gasteiger partial charge in [0.05, 0.1) is 4.34 Å². The largest absolute Gasteiger partial charge is 0.396 e. The molecular weight excluding hydrogens is 292 g/mol. The maximum absolute atomic E-state index is 9.63. The molecule has 2 atom stereocenters. The minimum absolute atomic E-state index is 0.320. The predicted octanol–water partition coefficient (Wildman–Crippen LogP) is 2.54. The molecule has 20 heavy (non-hydrogen) atoms. The van der Waals surface area contributed by atoms with Gasteiger partial charge in [0, 0.05) is 37.7 Å². The number of hydrogen-bond donors (Lipinski definition) is 1. The van der Waals surface area contributed by atoms with Gasteiger partial charge in [-0.1, -0.05) is 11.6 Å². The van der Waals surface area contributed by atoms with Gasteiger partial charge in [0.2, 0.25) is 0 Å². The van der Waals surface area contributed by atoms with Gasteiger partial charge in [-0.25, -0.2) is 0 Å². The van der Waals surface area contributed by atoms with Gasteiger partial charge in [0.15, 0.2) is 0 Å². The third kappa shape index (κ3) is 3.55. The Hall–Kier alpha value is -0.130. The van der Waals surface area contributed by atoms with Crippen molar-refractivity contribution in [3.63, 3.8) is 0 Å². The first kappa shape index (κ1) is 14.8. The van der Waals surface area contributed by atoms with E-state index in [1.807, 2.05) is 6.07 Å². The Morgan fingerprint density at radius 3 is 2.55 bits per heavy atom. The van der Waals surface area contributed by atoms with Crippen LogP contribution in [0.25, 0.3) is 0 Å². The number of hydrogen-bond acceptors (Lipinski definition) is 4. The Morgan fingerprint density at radius 1 is 1.15 bits per heavy atom. The van der Waals surface area contributed by atoms with Crippen molar-refractivity contribution in [2.45, 2.75) is 19.4 Å². The summed E-state index contributed by atoms with van der Waals surface area (Å²) in [5, 5.41) is 9.63. The van der Waals surface area contributed by atoms with Crippen LogP contribution in [0.5, 0.6) is 0 Å². The number of thiophene rings is 1. The van der Waals surface area contributed by atoms with Crippen molar-refractivity contribution in [3.8, 4) is 0 Å². The molecule has 0 amide bonds. The molecular formula is C15H23ClN2OS. The molecule has 2 fully saturated rings. The van der Waals surface area contributed by atoms with Crippen LogP contribution in [0.2, 0.25) is 4.34 Å². The van der Waals surface area contributed by atoms with Crippen molar-refractivity contribution in [2.24, 2.45) is 11.8 Å². The Balaban J connectivity index is 1.55. The summed E-state index contributed by atoms with van der Waals surface area (Å²) in [6.45, 7) is 7.07. The van der Waals surface area contributed by atoms with Crippen LogP contribution in [0.4, 0.5) is 0 Å². The molecule has 2 aliphatic heterocycles. The minimum Gasteiger partial charge on any atom is -0.396 e. The first-order valence-corrected chi connectivity index (χ1v) is 8.74. The molecule has 1 aromatic rings. The molecule has 0 radical (unpaired) electrons. The summed E-state index contributed by atoms with van der Waals surface area (Å²) in [6, 6.07) is 4.09. The highest BCUT2D eigenvalue weighted by Gasteiger charge is 2.33. The fourth-order valence-electron chi connectivity index (χ4n) is 3.53. The molecule has 1 N–H and O–H groups in total. The molecule has 0 aromatic carbocycles. The quantitative estimate of drug-likeness (QED) is 0.905. The lowest BCUT2D eigenvalue weighted by Crippen LogP contribution is -2.31. The standard InChI is InChI=1S/C15H23ClN2OS/c16-15-4-3-14(20-15)10-18-8-12(13(9-18)11-19)7-17-5-1-2-6-17/h3-4,12-13,19H,1-2,5-11H2/t12-,13-/m1/s1. The van der Waals surface area contributed by atoms with E-state index in [0.29, 0.717) is 18.4 Å². The molecule has 3 rings (SSSR count). The third-order valence-corrected chi connectivity index (χ3v) is 5.80. The third-order valence-electron chi connectivity index (χ3n) is 4.59. The lowest BCUT2D eigenvalue weighted by atomic mass is 9.96. The highest BCUT2D eigenvalue weighted by molar-refractivity contribution is 7.16. The molecule has 0 saturated carbocycles. The summed E-state index contributed by atoms with van der Waals surface area (Å²) < 4.78 is 0.867. The average Bonchev–Trinajstić information content (AvgIpc) is 3.13. The lowest BCUT2D eigenvalue weighted by molar-refractivity contribution is 0.175. The zero-order valence-corrected chi connectivity index (χ0v) is 13.4. The minimum atomic E-state index is 0.320. The fraction of sp³-hybridized carbons (Fsp3) is 0.733. The van der Waals surface area contributed by atoms with Gasteiger partial charge in [-0.2, -0.15) is 0 Å². The van der Waals surface area contributed by atoms with Gasteiger partial charge < -0.3 is 10.0 Å². The number of likely N-dealkylation sites (tertiary alicyclic amines) is 2. The first-order chi connectivity index (χ1) is 9.74. The van der Waals surface area contributed by atoms with Gasteiger partial charge in [-0.05, 0) is 49.9 Å². The molecule has 2 saturated heterocycles. The van der Waals surface area contributed by atoms with Crippen LogP contribution in [0.3, 0.4) is 0 Å². The van der Waals surface area contributed by atoms with E-state index in [9.17, 15) is 5.11 Å². The summed E-state index contributed by atoms with van der Waals surface area (Å²) in [7, 11) is 0. The smallest absolute Gasteiger partial charge is 0.0931 e. The Labute approximate surface area is 130 Å². The average molecular weight is 315 g/mol. The molecule has 1 aromatic heterocycles. The van der Waals surface area contributed by atoms with E-state index in [1.165, 1.54) is 30.8 Å². The van der Waals surface area contributed by atoms with Crippen LogP contribution < -0.4 is 0 Å². The maximum atomic E-state index is 9.63. The van der Waals surface area contributed by atoms with Gasteiger partial charge in [0.25, 0.3) is 0 Å². The summed E-state index contributed by atoms with van der Waals surface area (Å²) in [5.74, 6) is 1.06. The Bertz CT molecular complexity index is 433. The number of aliphatic hydroxyl groups is 1. The highest BCUT2D eigenvalue weighted by Crippen LogP contribution is 2.29.